The van der Waals surface area contributed by atoms with Crippen LogP contribution in [-0.4, -0.2) is 64.5 Å². The summed E-state index contributed by atoms with van der Waals surface area (Å²) in [7, 11) is -2.04. The number of rotatable bonds is 3. The van der Waals surface area contributed by atoms with E-state index in [0.29, 0.717) is 11.2 Å². The average Bonchev–Trinajstić information content (AvgIpc) is 3.02. The molecule has 0 saturated carbocycles. The lowest BCUT2D eigenvalue weighted by Gasteiger charge is -2.34. The number of pyridine rings is 1. The molecule has 8 nitrogen and oxygen atoms in total. The molecule has 1 fully saturated rings. The molecule has 1 saturated heterocycles. The molecule has 11 heteroatoms. The summed E-state index contributed by atoms with van der Waals surface area (Å²) in [5.74, 6) is -0.894. The highest BCUT2D eigenvalue weighted by molar-refractivity contribution is 7.89. The van der Waals surface area contributed by atoms with Gasteiger partial charge in [0, 0.05) is 44.8 Å². The van der Waals surface area contributed by atoms with Gasteiger partial charge in [0.15, 0.2) is 5.65 Å². The van der Waals surface area contributed by atoms with Crippen molar-refractivity contribution in [2.45, 2.75) is 11.8 Å². The maximum Gasteiger partial charge on any atom is 0.255 e. The van der Waals surface area contributed by atoms with Crippen LogP contribution in [0, 0.1) is 12.7 Å². The maximum atomic E-state index is 13.4. The molecule has 0 spiro atoms. The van der Waals surface area contributed by atoms with Gasteiger partial charge in [0.05, 0.1) is 21.2 Å². The normalized spacial score (nSPS) is 15.7. The Morgan fingerprint density at radius 1 is 1.17 bits per heavy atom. The van der Waals surface area contributed by atoms with Crippen LogP contribution in [0.25, 0.3) is 11.0 Å². The number of amides is 1. The van der Waals surface area contributed by atoms with Crippen LogP contribution in [0.4, 0.5) is 4.39 Å². The van der Waals surface area contributed by atoms with Crippen LogP contribution >= 0.6 is 11.6 Å². The third-order valence-corrected chi connectivity index (χ3v) is 7.35. The SMILES string of the molecule is Cc1nn(C)c2ncc(C(=O)N3CCN(S(=O)(=O)c4ccc(F)c(Cl)c4)CC3)cc12. The second-order valence-electron chi connectivity index (χ2n) is 7.08. The van der Waals surface area contributed by atoms with Gasteiger partial charge in [-0.1, -0.05) is 11.6 Å². The van der Waals surface area contributed by atoms with E-state index in [1.807, 2.05) is 6.92 Å². The Morgan fingerprint density at radius 3 is 2.53 bits per heavy atom. The molecule has 0 N–H and O–H groups in total. The number of benzene rings is 1. The van der Waals surface area contributed by atoms with Crippen molar-refractivity contribution >= 4 is 38.6 Å². The number of nitrogens with zero attached hydrogens (tertiary/aromatic N) is 5. The van der Waals surface area contributed by atoms with Crippen molar-refractivity contribution in [3.05, 3.63) is 52.6 Å². The van der Waals surface area contributed by atoms with Gasteiger partial charge < -0.3 is 4.90 Å². The zero-order valence-electron chi connectivity index (χ0n) is 16.3. The molecule has 0 atom stereocenters. The van der Waals surface area contributed by atoms with Crippen LogP contribution in [0.15, 0.2) is 35.4 Å². The molecule has 158 valence electrons. The summed E-state index contributed by atoms with van der Waals surface area (Å²) in [5.41, 5.74) is 1.90. The molecule has 1 aromatic carbocycles. The van der Waals surface area contributed by atoms with Crippen molar-refractivity contribution in [3.63, 3.8) is 0 Å². The summed E-state index contributed by atoms with van der Waals surface area (Å²) in [4.78, 5) is 18.8. The summed E-state index contributed by atoms with van der Waals surface area (Å²) < 4.78 is 41.9. The Morgan fingerprint density at radius 2 is 1.87 bits per heavy atom. The predicted octanol–water partition coefficient (Wildman–Crippen LogP) is 2.22. The van der Waals surface area contributed by atoms with E-state index in [2.05, 4.69) is 10.1 Å². The highest BCUT2D eigenvalue weighted by atomic mass is 35.5. The molecule has 30 heavy (non-hydrogen) atoms. The molecule has 0 bridgehead atoms. The molecular weight excluding hydrogens is 433 g/mol. The molecule has 2 aromatic heterocycles. The lowest BCUT2D eigenvalue weighted by Crippen LogP contribution is -2.50. The molecular formula is C19H19ClFN5O3S. The molecule has 0 unspecified atom stereocenters. The van der Waals surface area contributed by atoms with E-state index in [1.54, 1.807) is 22.7 Å². The summed E-state index contributed by atoms with van der Waals surface area (Å²) >= 11 is 5.72. The van der Waals surface area contributed by atoms with E-state index < -0.39 is 15.8 Å². The predicted molar refractivity (Wildman–Crippen MR) is 109 cm³/mol. The highest BCUT2D eigenvalue weighted by Crippen LogP contribution is 2.24. The topological polar surface area (TPSA) is 88.4 Å². The third-order valence-electron chi connectivity index (χ3n) is 5.16. The quantitative estimate of drug-likeness (QED) is 0.609. The van der Waals surface area contributed by atoms with Crippen molar-refractivity contribution in [3.8, 4) is 0 Å². The molecule has 0 aliphatic carbocycles. The number of hydrogen-bond acceptors (Lipinski definition) is 5. The van der Waals surface area contributed by atoms with Gasteiger partial charge >= 0.3 is 0 Å². The smallest absolute Gasteiger partial charge is 0.255 e. The number of halogens is 2. The first kappa shape index (κ1) is 20.7. The number of hydrogen-bond donors (Lipinski definition) is 0. The Hall–Kier alpha value is -2.56. The zero-order chi connectivity index (χ0) is 21.6. The van der Waals surface area contributed by atoms with Gasteiger partial charge in [-0.15, -0.1) is 0 Å². The van der Waals surface area contributed by atoms with Gasteiger partial charge in [-0.2, -0.15) is 9.40 Å². The van der Waals surface area contributed by atoms with Gasteiger partial charge in [0.2, 0.25) is 10.0 Å². The second kappa shape index (κ2) is 7.60. The van der Waals surface area contributed by atoms with Crippen LogP contribution in [0.1, 0.15) is 16.1 Å². The molecule has 1 aliphatic heterocycles. The summed E-state index contributed by atoms with van der Waals surface area (Å²) in [6.45, 7) is 2.58. The minimum atomic E-state index is -3.83. The maximum absolute atomic E-state index is 13.4. The van der Waals surface area contributed by atoms with Gasteiger partial charge in [0.1, 0.15) is 5.82 Å². The number of sulfonamides is 1. The lowest BCUT2D eigenvalue weighted by atomic mass is 10.2. The van der Waals surface area contributed by atoms with E-state index >= 15 is 0 Å². The number of carbonyl (C=O) groups is 1. The summed E-state index contributed by atoms with van der Waals surface area (Å²) in [6, 6.07) is 5.07. The van der Waals surface area contributed by atoms with Crippen molar-refractivity contribution < 1.29 is 17.6 Å². The average molecular weight is 452 g/mol. The second-order valence-corrected chi connectivity index (χ2v) is 9.42. The number of carbonyl (C=O) groups excluding carboxylic acids is 1. The minimum absolute atomic E-state index is 0.0737. The van der Waals surface area contributed by atoms with Gasteiger partial charge in [0.25, 0.3) is 5.91 Å². The van der Waals surface area contributed by atoms with Gasteiger partial charge in [-0.3, -0.25) is 9.48 Å². The van der Waals surface area contributed by atoms with Crippen molar-refractivity contribution in [1.29, 1.82) is 0 Å². The molecule has 3 aromatic rings. The Balaban J connectivity index is 1.49. The van der Waals surface area contributed by atoms with Gasteiger partial charge in [-0.05, 0) is 31.2 Å². The number of piperazine rings is 1. The lowest BCUT2D eigenvalue weighted by molar-refractivity contribution is 0.0697. The first-order valence-electron chi connectivity index (χ1n) is 9.22. The molecule has 0 radical (unpaired) electrons. The van der Waals surface area contributed by atoms with Crippen molar-refractivity contribution in [2.24, 2.45) is 7.05 Å². The van der Waals surface area contributed by atoms with Gasteiger partial charge in [-0.25, -0.2) is 17.8 Å². The Labute approximate surface area is 177 Å². The van der Waals surface area contributed by atoms with Crippen LogP contribution < -0.4 is 0 Å². The standard InChI is InChI=1S/C19H19ClFN5O3S/c1-12-15-9-13(11-22-18(15)24(2)23-12)19(27)25-5-7-26(8-6-25)30(28,29)14-3-4-17(21)16(20)10-14/h3-4,9-11H,5-8H2,1-2H3. The molecule has 3 heterocycles. The molecule has 4 rings (SSSR count). The fourth-order valence-electron chi connectivity index (χ4n) is 3.53. The Bertz CT molecular complexity index is 1250. The number of fused-ring (bicyclic) bond motifs is 1. The number of aromatic nitrogens is 3. The number of aryl methyl sites for hydroxylation is 2. The van der Waals surface area contributed by atoms with Crippen LogP contribution in [0.5, 0.6) is 0 Å². The van der Waals surface area contributed by atoms with Crippen LogP contribution in [-0.2, 0) is 17.1 Å². The highest BCUT2D eigenvalue weighted by Gasteiger charge is 2.31. The van der Waals surface area contributed by atoms with Crippen LogP contribution in [0.3, 0.4) is 0 Å². The van der Waals surface area contributed by atoms with Crippen LogP contribution in [0.2, 0.25) is 5.02 Å². The third kappa shape index (κ3) is 3.55. The van der Waals surface area contributed by atoms with E-state index in [4.69, 9.17) is 11.6 Å². The largest absolute Gasteiger partial charge is 0.336 e. The zero-order valence-corrected chi connectivity index (χ0v) is 17.9. The Kier molecular flexibility index (Phi) is 5.25. The monoisotopic (exact) mass is 451 g/mol. The van der Waals surface area contributed by atoms with Crippen molar-refractivity contribution in [1.82, 2.24) is 24.0 Å². The summed E-state index contributed by atoms with van der Waals surface area (Å²) in [5, 5.41) is 4.86. The van der Waals surface area contributed by atoms with E-state index in [9.17, 15) is 17.6 Å². The first-order chi connectivity index (χ1) is 14.2. The van der Waals surface area contributed by atoms with Crippen molar-refractivity contribution in [2.75, 3.05) is 26.2 Å². The minimum Gasteiger partial charge on any atom is -0.336 e. The summed E-state index contributed by atoms with van der Waals surface area (Å²) in [6.07, 6.45) is 1.51. The molecule has 1 aliphatic rings. The van der Waals surface area contributed by atoms with E-state index in [0.717, 1.165) is 23.2 Å². The molecule has 1 amide bonds. The fourth-order valence-corrected chi connectivity index (χ4v) is 5.22. The first-order valence-corrected chi connectivity index (χ1v) is 11.0. The fraction of sp³-hybridized carbons (Fsp3) is 0.316. The van der Waals surface area contributed by atoms with E-state index in [-0.39, 0.29) is 42.0 Å². The van der Waals surface area contributed by atoms with E-state index in [1.165, 1.54) is 16.6 Å².